The highest BCUT2D eigenvalue weighted by molar-refractivity contribution is 6.30. The number of benzene rings is 3. The van der Waals surface area contributed by atoms with Crippen molar-refractivity contribution in [2.75, 3.05) is 0 Å². The Morgan fingerprint density at radius 2 is 1.47 bits per heavy atom. The lowest BCUT2D eigenvalue weighted by Crippen LogP contribution is -1.98. The summed E-state index contributed by atoms with van der Waals surface area (Å²) in [5, 5.41) is 5.76. The monoisotopic (exact) mass is 409 g/mol. The Balaban J connectivity index is 1.78. The van der Waals surface area contributed by atoms with Gasteiger partial charge in [-0.15, -0.1) is 0 Å². The van der Waals surface area contributed by atoms with Crippen LogP contribution < -0.4 is 0 Å². The van der Waals surface area contributed by atoms with Gasteiger partial charge in [0, 0.05) is 22.7 Å². The minimum atomic E-state index is 0.718. The van der Waals surface area contributed by atoms with Crippen molar-refractivity contribution in [1.82, 2.24) is 14.6 Å². The largest absolute Gasteiger partial charge is 0.233 e. The lowest BCUT2D eigenvalue weighted by atomic mass is 10.0. The van der Waals surface area contributed by atoms with Gasteiger partial charge in [0.1, 0.15) is 0 Å². The summed E-state index contributed by atoms with van der Waals surface area (Å²) >= 11 is 6.11. The van der Waals surface area contributed by atoms with Crippen molar-refractivity contribution < 1.29 is 0 Å². The van der Waals surface area contributed by atoms with Crippen LogP contribution in [-0.2, 0) is 6.42 Å². The molecule has 0 unspecified atom stereocenters. The smallest absolute Gasteiger partial charge is 0.164 e. The average Bonchev–Trinajstić information content (AvgIpc) is 3.12. The SMILES string of the molecule is Cc1cc(-c2ccc(Cl)cc2)n2nc(Cc3ccccc3)c(-c3ccccc3)c2n1. The van der Waals surface area contributed by atoms with Crippen molar-refractivity contribution in [3.8, 4) is 22.4 Å². The van der Waals surface area contributed by atoms with Crippen LogP contribution in [0, 0.1) is 6.92 Å². The molecule has 0 amide bonds. The van der Waals surface area contributed by atoms with Crippen LogP contribution in [0.3, 0.4) is 0 Å². The van der Waals surface area contributed by atoms with Crippen molar-refractivity contribution in [2.45, 2.75) is 13.3 Å². The summed E-state index contributed by atoms with van der Waals surface area (Å²) in [6.07, 6.45) is 0.744. The number of aryl methyl sites for hydroxylation is 1. The summed E-state index contributed by atoms with van der Waals surface area (Å²) in [6, 6.07) is 30.8. The molecule has 0 aliphatic carbocycles. The van der Waals surface area contributed by atoms with E-state index < -0.39 is 0 Å². The van der Waals surface area contributed by atoms with E-state index >= 15 is 0 Å². The zero-order chi connectivity index (χ0) is 20.5. The first-order chi connectivity index (χ1) is 14.7. The number of hydrogen-bond acceptors (Lipinski definition) is 2. The lowest BCUT2D eigenvalue weighted by molar-refractivity contribution is 0.898. The fraction of sp³-hybridized carbons (Fsp3) is 0.0769. The highest BCUT2D eigenvalue weighted by Crippen LogP contribution is 2.32. The standard InChI is InChI=1S/C26H20ClN3/c1-18-16-24(20-12-14-22(27)15-13-20)30-26(28-18)25(21-10-6-3-7-11-21)23(29-30)17-19-8-4-2-5-9-19/h2-16H,17H2,1H3. The highest BCUT2D eigenvalue weighted by Gasteiger charge is 2.19. The molecule has 2 aromatic heterocycles. The molecule has 0 saturated heterocycles. The molecule has 0 N–H and O–H groups in total. The minimum Gasteiger partial charge on any atom is -0.233 e. The third-order valence-corrected chi connectivity index (χ3v) is 5.46. The van der Waals surface area contributed by atoms with Crippen LogP contribution in [0.5, 0.6) is 0 Å². The molecule has 2 heterocycles. The van der Waals surface area contributed by atoms with Gasteiger partial charge in [-0.3, -0.25) is 0 Å². The Bertz CT molecular complexity index is 1310. The topological polar surface area (TPSA) is 30.2 Å². The van der Waals surface area contributed by atoms with Gasteiger partial charge in [-0.25, -0.2) is 9.50 Å². The van der Waals surface area contributed by atoms with Gasteiger partial charge in [-0.1, -0.05) is 84.4 Å². The molecule has 0 aliphatic heterocycles. The number of rotatable bonds is 4. The molecule has 5 rings (SSSR count). The van der Waals surface area contributed by atoms with Crippen LogP contribution in [-0.4, -0.2) is 14.6 Å². The average molecular weight is 410 g/mol. The first-order valence-electron chi connectivity index (χ1n) is 9.93. The molecule has 3 nitrogen and oxygen atoms in total. The molecule has 0 aliphatic rings. The molecule has 4 heteroatoms. The second-order valence-corrected chi connectivity index (χ2v) is 7.81. The summed E-state index contributed by atoms with van der Waals surface area (Å²) in [5.74, 6) is 0. The quantitative estimate of drug-likeness (QED) is 0.334. The lowest BCUT2D eigenvalue weighted by Gasteiger charge is -2.07. The summed E-state index contributed by atoms with van der Waals surface area (Å²) < 4.78 is 1.97. The molecule has 3 aromatic carbocycles. The van der Waals surface area contributed by atoms with Crippen LogP contribution in [0.15, 0.2) is 91.0 Å². The first-order valence-corrected chi connectivity index (χ1v) is 10.3. The van der Waals surface area contributed by atoms with Crippen LogP contribution in [0.1, 0.15) is 17.0 Å². The second kappa shape index (κ2) is 7.77. The zero-order valence-electron chi connectivity index (χ0n) is 16.6. The zero-order valence-corrected chi connectivity index (χ0v) is 17.3. The summed E-state index contributed by atoms with van der Waals surface area (Å²) in [5.41, 5.74) is 8.34. The number of hydrogen-bond donors (Lipinski definition) is 0. The Labute approximate surface area is 180 Å². The second-order valence-electron chi connectivity index (χ2n) is 7.38. The van der Waals surface area contributed by atoms with E-state index in [1.54, 1.807) is 0 Å². The maximum atomic E-state index is 6.11. The van der Waals surface area contributed by atoms with E-state index in [-0.39, 0.29) is 0 Å². The normalized spacial score (nSPS) is 11.1. The van der Waals surface area contributed by atoms with Gasteiger partial charge in [-0.05, 0) is 36.2 Å². The van der Waals surface area contributed by atoms with Gasteiger partial charge in [0.2, 0.25) is 0 Å². The number of aromatic nitrogens is 3. The van der Waals surface area contributed by atoms with E-state index in [9.17, 15) is 0 Å². The number of halogens is 1. The minimum absolute atomic E-state index is 0.718. The molecule has 0 fully saturated rings. The molecule has 5 aromatic rings. The molecule has 146 valence electrons. The molecule has 30 heavy (non-hydrogen) atoms. The molecule has 0 bridgehead atoms. The predicted molar refractivity (Wildman–Crippen MR) is 123 cm³/mol. The van der Waals surface area contributed by atoms with Crippen molar-refractivity contribution in [2.24, 2.45) is 0 Å². The van der Waals surface area contributed by atoms with Crippen molar-refractivity contribution >= 4 is 17.2 Å². The Morgan fingerprint density at radius 1 is 0.800 bits per heavy atom. The Morgan fingerprint density at radius 3 is 2.17 bits per heavy atom. The van der Waals surface area contributed by atoms with Gasteiger partial charge in [0.15, 0.2) is 5.65 Å². The fourth-order valence-corrected chi connectivity index (χ4v) is 3.95. The molecule has 0 spiro atoms. The van der Waals surface area contributed by atoms with E-state index in [1.807, 2.05) is 47.8 Å². The summed E-state index contributed by atoms with van der Waals surface area (Å²) in [7, 11) is 0. The molecular weight excluding hydrogens is 390 g/mol. The predicted octanol–water partition coefficient (Wildman–Crippen LogP) is 6.62. The van der Waals surface area contributed by atoms with Crippen molar-refractivity contribution in [1.29, 1.82) is 0 Å². The number of nitrogens with zero attached hydrogens (tertiary/aromatic N) is 3. The van der Waals surface area contributed by atoms with E-state index in [4.69, 9.17) is 21.7 Å². The molecule has 0 radical (unpaired) electrons. The van der Waals surface area contributed by atoms with E-state index in [0.717, 1.165) is 50.9 Å². The van der Waals surface area contributed by atoms with Crippen LogP contribution in [0.2, 0.25) is 5.02 Å². The summed E-state index contributed by atoms with van der Waals surface area (Å²) in [6.45, 7) is 2.03. The molecular formula is C26H20ClN3. The Kier molecular flexibility index (Phi) is 4.82. The third kappa shape index (κ3) is 3.49. The third-order valence-electron chi connectivity index (χ3n) is 5.21. The van der Waals surface area contributed by atoms with Gasteiger partial charge < -0.3 is 0 Å². The van der Waals surface area contributed by atoms with E-state index in [1.165, 1.54) is 5.56 Å². The van der Waals surface area contributed by atoms with Crippen LogP contribution in [0.25, 0.3) is 28.0 Å². The maximum absolute atomic E-state index is 6.11. The Hall–Kier alpha value is -3.43. The van der Waals surface area contributed by atoms with E-state index in [2.05, 4.69) is 54.6 Å². The maximum Gasteiger partial charge on any atom is 0.164 e. The van der Waals surface area contributed by atoms with Gasteiger partial charge in [0.05, 0.1) is 17.0 Å². The molecule has 0 atom stereocenters. The highest BCUT2D eigenvalue weighted by atomic mass is 35.5. The van der Waals surface area contributed by atoms with Gasteiger partial charge in [-0.2, -0.15) is 5.10 Å². The van der Waals surface area contributed by atoms with Gasteiger partial charge >= 0.3 is 0 Å². The number of fused-ring (bicyclic) bond motifs is 1. The van der Waals surface area contributed by atoms with Crippen LogP contribution in [0.4, 0.5) is 0 Å². The van der Waals surface area contributed by atoms with Crippen molar-refractivity contribution in [3.05, 3.63) is 113 Å². The van der Waals surface area contributed by atoms with E-state index in [0.29, 0.717) is 0 Å². The van der Waals surface area contributed by atoms with Gasteiger partial charge in [0.25, 0.3) is 0 Å². The molecule has 0 saturated carbocycles. The first kappa shape index (κ1) is 18.6. The van der Waals surface area contributed by atoms with Crippen LogP contribution >= 0.6 is 11.6 Å². The fourth-order valence-electron chi connectivity index (χ4n) is 3.82. The van der Waals surface area contributed by atoms with Crippen molar-refractivity contribution in [3.63, 3.8) is 0 Å². The summed E-state index contributed by atoms with van der Waals surface area (Å²) in [4.78, 5) is 4.89.